The lowest BCUT2D eigenvalue weighted by Gasteiger charge is -2.30. The molecule has 0 heterocycles. The van der Waals surface area contributed by atoms with Gasteiger partial charge in [0.15, 0.2) is 5.78 Å². The Labute approximate surface area is 195 Å². The number of sulfonamides is 1. The number of methoxy groups -OCH3 is 1. The minimum Gasteiger partial charge on any atom is -0.497 e. The van der Waals surface area contributed by atoms with Gasteiger partial charge in [-0.3, -0.25) is 4.57 Å². The molecule has 2 N–H and O–H groups in total. The first-order chi connectivity index (χ1) is 15.4. The predicted octanol–water partition coefficient (Wildman–Crippen LogP) is 4.73. The molecule has 0 aliphatic carbocycles. The first kappa shape index (κ1) is 26.9. The van der Waals surface area contributed by atoms with Crippen LogP contribution in [0.3, 0.4) is 0 Å². The Hall–Kier alpha value is -2.39. The fourth-order valence-electron chi connectivity index (χ4n) is 2.92. The number of rotatable bonds is 10. The normalized spacial score (nSPS) is 13.1. The van der Waals surface area contributed by atoms with Crippen molar-refractivity contribution in [1.82, 2.24) is 10.0 Å². The molecule has 2 rings (SSSR count). The van der Waals surface area contributed by atoms with Gasteiger partial charge in [-0.25, -0.2) is 17.9 Å². The van der Waals surface area contributed by atoms with Crippen LogP contribution in [0.1, 0.15) is 44.6 Å². The van der Waals surface area contributed by atoms with Crippen molar-refractivity contribution in [3.8, 4) is 5.75 Å². The van der Waals surface area contributed by atoms with E-state index < -0.39 is 41.6 Å². The molecule has 2 aromatic carbocycles. The molecule has 0 aromatic heterocycles. The minimum atomic E-state index is -4.16. The molecule has 0 aliphatic heterocycles. The third-order valence-electron chi connectivity index (χ3n) is 4.29. The van der Waals surface area contributed by atoms with Gasteiger partial charge in [0.2, 0.25) is 0 Å². The number of hydrogen-bond acceptors (Lipinski definition) is 7. The Bertz CT molecular complexity index is 1070. The fraction of sp³-hybridized carbons (Fsp3) is 0.409. The zero-order valence-electron chi connectivity index (χ0n) is 19.6. The van der Waals surface area contributed by atoms with Gasteiger partial charge in [-0.05, 0) is 64.4 Å². The Morgan fingerprint density at radius 2 is 1.42 bits per heavy atom. The van der Waals surface area contributed by atoms with Crippen molar-refractivity contribution in [3.63, 3.8) is 0 Å². The van der Waals surface area contributed by atoms with Gasteiger partial charge in [0, 0.05) is 0 Å². The van der Waals surface area contributed by atoms with Gasteiger partial charge >= 0.3 is 13.6 Å². The van der Waals surface area contributed by atoms with E-state index in [0.717, 1.165) is 5.56 Å². The van der Waals surface area contributed by atoms with Crippen LogP contribution in [-0.4, -0.2) is 33.8 Å². The summed E-state index contributed by atoms with van der Waals surface area (Å²) >= 11 is 0. The second-order valence-electron chi connectivity index (χ2n) is 7.92. The van der Waals surface area contributed by atoms with Crippen LogP contribution >= 0.6 is 7.60 Å². The van der Waals surface area contributed by atoms with E-state index >= 15 is 0 Å². The number of urea groups is 1. The topological polar surface area (TPSA) is 120 Å². The van der Waals surface area contributed by atoms with E-state index in [0.29, 0.717) is 11.3 Å². The van der Waals surface area contributed by atoms with Crippen molar-refractivity contribution in [3.05, 3.63) is 59.7 Å². The second kappa shape index (κ2) is 11.2. The van der Waals surface area contributed by atoms with Crippen LogP contribution in [0.25, 0.3) is 0 Å². The molecule has 0 fully saturated rings. The Morgan fingerprint density at radius 3 is 1.88 bits per heavy atom. The molecule has 2 amide bonds. The lowest BCUT2D eigenvalue weighted by molar-refractivity contribution is 0.134. The average Bonchev–Trinajstić information content (AvgIpc) is 2.71. The van der Waals surface area contributed by atoms with Crippen molar-refractivity contribution in [2.75, 3.05) is 7.11 Å². The van der Waals surface area contributed by atoms with E-state index in [-0.39, 0.29) is 4.90 Å². The van der Waals surface area contributed by atoms with E-state index in [2.05, 4.69) is 5.32 Å². The Balaban J connectivity index is 2.40. The third-order valence-corrected chi connectivity index (χ3v) is 8.13. The predicted molar refractivity (Wildman–Crippen MR) is 126 cm³/mol. The van der Waals surface area contributed by atoms with Crippen LogP contribution in [0, 0.1) is 6.92 Å². The zero-order valence-corrected chi connectivity index (χ0v) is 21.3. The highest BCUT2D eigenvalue weighted by atomic mass is 32.2. The van der Waals surface area contributed by atoms with E-state index in [4.69, 9.17) is 13.8 Å². The van der Waals surface area contributed by atoms with Gasteiger partial charge in [-0.2, -0.15) is 0 Å². The minimum absolute atomic E-state index is 0.0794. The largest absolute Gasteiger partial charge is 0.497 e. The number of hydrogen-bond donors (Lipinski definition) is 2. The Morgan fingerprint density at radius 1 is 0.909 bits per heavy atom. The Kier molecular flexibility index (Phi) is 9.08. The van der Waals surface area contributed by atoms with Crippen molar-refractivity contribution in [2.45, 2.75) is 57.5 Å². The maximum Gasteiger partial charge on any atom is 0.357 e. The van der Waals surface area contributed by atoms with Crippen LogP contribution in [0.5, 0.6) is 5.75 Å². The van der Waals surface area contributed by atoms with Gasteiger partial charge in [0.25, 0.3) is 10.0 Å². The van der Waals surface area contributed by atoms with Gasteiger partial charge in [-0.1, -0.05) is 29.8 Å². The lowest BCUT2D eigenvalue weighted by Crippen LogP contribution is -2.41. The number of carbonyl (C=O) groups is 1. The summed E-state index contributed by atoms with van der Waals surface area (Å²) in [6.45, 7) is 8.55. The summed E-state index contributed by atoms with van der Waals surface area (Å²) < 4.78 is 57.5. The van der Waals surface area contributed by atoms with E-state index in [1.807, 2.05) is 11.6 Å². The monoisotopic (exact) mass is 498 g/mol. The van der Waals surface area contributed by atoms with Crippen LogP contribution in [-0.2, 0) is 23.6 Å². The van der Waals surface area contributed by atoms with Crippen LogP contribution in [0.4, 0.5) is 4.79 Å². The average molecular weight is 499 g/mol. The van der Waals surface area contributed by atoms with Gasteiger partial charge in [-0.15, -0.1) is 0 Å². The molecular weight excluding hydrogens is 467 g/mol. The maximum atomic E-state index is 13.8. The molecule has 33 heavy (non-hydrogen) atoms. The molecule has 1 unspecified atom stereocenters. The van der Waals surface area contributed by atoms with Crippen molar-refractivity contribution in [1.29, 1.82) is 0 Å². The molecule has 9 nitrogen and oxygen atoms in total. The first-order valence-electron chi connectivity index (χ1n) is 10.4. The number of ether oxygens (including phenoxy) is 1. The molecule has 0 saturated carbocycles. The number of aryl methyl sites for hydroxylation is 1. The first-order valence-corrected chi connectivity index (χ1v) is 13.5. The fourth-order valence-corrected chi connectivity index (χ4v) is 6.11. The summed E-state index contributed by atoms with van der Waals surface area (Å²) in [6.07, 6.45) is -0.979. The molecular formula is C22H31N2O7PS. The third kappa shape index (κ3) is 7.57. The summed E-state index contributed by atoms with van der Waals surface area (Å²) in [5.41, 5.74) is 1.26. The lowest BCUT2D eigenvalue weighted by atomic mass is 10.2. The van der Waals surface area contributed by atoms with E-state index in [1.54, 1.807) is 64.1 Å². The SMILES string of the molecule is COc1ccc(C(NC(=O)NS(=O)(=O)c2ccc(C)cc2)P(=O)(OC(C)C)OC(C)C)cc1. The molecule has 11 heteroatoms. The highest BCUT2D eigenvalue weighted by Crippen LogP contribution is 2.61. The number of amides is 2. The van der Waals surface area contributed by atoms with Crippen molar-refractivity contribution >= 4 is 23.7 Å². The molecule has 0 radical (unpaired) electrons. The summed E-state index contributed by atoms with van der Waals surface area (Å²) in [5.74, 6) is -0.727. The number of carbonyl (C=O) groups excluding carboxylic acids is 1. The maximum absolute atomic E-state index is 13.8. The molecule has 2 aromatic rings. The molecule has 0 aliphatic rings. The van der Waals surface area contributed by atoms with E-state index in [1.165, 1.54) is 19.2 Å². The van der Waals surface area contributed by atoms with Crippen molar-refractivity contribution in [2.24, 2.45) is 0 Å². The van der Waals surface area contributed by atoms with Crippen LogP contribution in [0.2, 0.25) is 0 Å². The molecule has 1 atom stereocenters. The summed E-state index contributed by atoms with van der Waals surface area (Å²) in [4.78, 5) is 12.7. The zero-order chi connectivity index (χ0) is 24.8. The molecule has 0 spiro atoms. The van der Waals surface area contributed by atoms with E-state index in [9.17, 15) is 17.8 Å². The number of nitrogens with one attached hydrogen (secondary N) is 2. The second-order valence-corrected chi connectivity index (χ2v) is 11.6. The summed E-state index contributed by atoms with van der Waals surface area (Å²) in [6, 6.07) is 11.4. The van der Waals surface area contributed by atoms with Gasteiger partial charge in [0.1, 0.15) is 5.75 Å². The van der Waals surface area contributed by atoms with Crippen LogP contribution < -0.4 is 14.8 Å². The summed E-state index contributed by atoms with van der Waals surface area (Å²) in [7, 11) is -6.65. The van der Waals surface area contributed by atoms with Gasteiger partial charge in [0.05, 0.1) is 24.2 Å². The summed E-state index contributed by atoms with van der Waals surface area (Å²) in [5, 5.41) is 2.48. The quantitative estimate of drug-likeness (QED) is 0.454. The smallest absolute Gasteiger partial charge is 0.357 e. The number of benzene rings is 2. The highest BCUT2D eigenvalue weighted by Gasteiger charge is 2.41. The highest BCUT2D eigenvalue weighted by molar-refractivity contribution is 7.90. The molecule has 182 valence electrons. The van der Waals surface area contributed by atoms with Crippen molar-refractivity contribution < 1.29 is 31.6 Å². The van der Waals surface area contributed by atoms with Gasteiger partial charge < -0.3 is 19.1 Å². The standard InChI is InChI=1S/C22H31N2O7PS/c1-15(2)30-32(26,31-16(3)4)21(18-9-11-19(29-6)12-10-18)23-22(25)24-33(27,28)20-13-7-17(5)8-14-20/h7-16,21H,1-6H3,(H2,23,24,25). The molecule has 0 bridgehead atoms. The molecule has 0 saturated heterocycles. The van der Waals surface area contributed by atoms with Crippen LogP contribution in [0.15, 0.2) is 53.4 Å².